The van der Waals surface area contributed by atoms with E-state index in [0.29, 0.717) is 0 Å². The minimum atomic E-state index is -2.39. The third kappa shape index (κ3) is 4.94. The number of hydrogen-bond acceptors (Lipinski definition) is 0. The summed E-state index contributed by atoms with van der Waals surface area (Å²) in [5, 5.41) is 1.15. The zero-order chi connectivity index (χ0) is 20.9. The van der Waals surface area contributed by atoms with Crippen LogP contribution in [0.15, 0.2) is 42.5 Å². The van der Waals surface area contributed by atoms with Gasteiger partial charge in [-0.15, -0.1) is 22.2 Å². The molecule has 0 spiro atoms. The molecule has 2 aromatic carbocycles. The molecular weight excluding hydrogens is 411 g/mol. The van der Waals surface area contributed by atoms with E-state index in [2.05, 4.69) is 56.3 Å². The van der Waals surface area contributed by atoms with Gasteiger partial charge >= 0.3 is 0 Å². The van der Waals surface area contributed by atoms with Crippen LogP contribution in [0.2, 0.25) is 6.55 Å². The number of benzene rings is 2. The molecule has 0 N–H and O–H groups in total. The van der Waals surface area contributed by atoms with Crippen LogP contribution in [0.3, 0.4) is 0 Å². The van der Waals surface area contributed by atoms with E-state index in [0.717, 1.165) is 5.19 Å². The molecule has 3 rings (SSSR count). The molecule has 0 amide bonds. The fraction of sp³-hybridized carbons (Fsp3) is 0.538. The maximum atomic E-state index is 6.66. The van der Waals surface area contributed by atoms with Crippen molar-refractivity contribution in [3.05, 3.63) is 53.6 Å². The van der Waals surface area contributed by atoms with Gasteiger partial charge in [0, 0.05) is 5.41 Å². The van der Waals surface area contributed by atoms with Gasteiger partial charge < -0.3 is 0 Å². The lowest BCUT2D eigenvalue weighted by molar-refractivity contribution is 0.401. The fourth-order valence-electron chi connectivity index (χ4n) is 5.10. The van der Waals surface area contributed by atoms with Gasteiger partial charge in [-0.1, -0.05) is 108 Å². The molecule has 0 unspecified atom stereocenters. The minimum absolute atomic E-state index is 0.122. The van der Waals surface area contributed by atoms with Crippen molar-refractivity contribution >= 4 is 34.0 Å². The molecule has 0 heterocycles. The van der Waals surface area contributed by atoms with E-state index in [9.17, 15) is 0 Å². The summed E-state index contributed by atoms with van der Waals surface area (Å²) in [6.07, 6.45) is 12.9. The van der Waals surface area contributed by atoms with Crippen molar-refractivity contribution in [2.45, 2.75) is 90.0 Å². The summed E-state index contributed by atoms with van der Waals surface area (Å²) in [5.74, 6) is 0. The Kier molecular flexibility index (Phi) is 7.92. The van der Waals surface area contributed by atoms with Gasteiger partial charge in [0.15, 0.2) is 0 Å². The highest BCUT2D eigenvalue weighted by Crippen LogP contribution is 2.54. The molecule has 0 bridgehead atoms. The molecule has 3 heteroatoms. The zero-order valence-electron chi connectivity index (χ0n) is 18.4. The highest BCUT2D eigenvalue weighted by molar-refractivity contribution is 7.50. The van der Waals surface area contributed by atoms with Crippen molar-refractivity contribution in [3.63, 3.8) is 0 Å². The molecule has 0 saturated heterocycles. The lowest BCUT2D eigenvalue weighted by Crippen LogP contribution is -2.34. The van der Waals surface area contributed by atoms with Gasteiger partial charge in [-0.2, -0.15) is 0 Å². The number of unbranched alkanes of at least 4 members (excludes halogenated alkanes) is 6. The Morgan fingerprint density at radius 1 is 0.724 bits per heavy atom. The standard InChI is InChI=1S/C26H36Cl2Si/c1-4-6-8-12-18-26(19-13-9-7-5-2)24-15-11-10-14-22(24)23-17-16-21(20-25(23)26)29(3,27)28/h10-11,14-17,20H,4-9,12-13,18-19H2,1-3H3. The van der Waals surface area contributed by atoms with Crippen molar-refractivity contribution in [1.29, 1.82) is 0 Å². The molecule has 29 heavy (non-hydrogen) atoms. The third-order valence-electron chi connectivity index (χ3n) is 6.69. The molecule has 1 aliphatic rings. The number of hydrogen-bond donors (Lipinski definition) is 0. The average molecular weight is 448 g/mol. The maximum Gasteiger partial charge on any atom is 0.277 e. The summed E-state index contributed by atoms with van der Waals surface area (Å²) in [7, 11) is 0. The van der Waals surface area contributed by atoms with E-state index in [-0.39, 0.29) is 5.41 Å². The van der Waals surface area contributed by atoms with Gasteiger partial charge in [0.1, 0.15) is 0 Å². The van der Waals surface area contributed by atoms with Crippen LogP contribution in [0.25, 0.3) is 11.1 Å². The molecule has 2 aromatic rings. The predicted molar refractivity (Wildman–Crippen MR) is 133 cm³/mol. The third-order valence-corrected chi connectivity index (χ3v) is 9.32. The second-order valence-corrected chi connectivity index (χ2v) is 16.4. The topological polar surface area (TPSA) is 0 Å². The fourth-order valence-corrected chi connectivity index (χ4v) is 6.58. The van der Waals surface area contributed by atoms with Crippen molar-refractivity contribution < 1.29 is 0 Å². The van der Waals surface area contributed by atoms with E-state index < -0.39 is 6.69 Å². The highest BCUT2D eigenvalue weighted by atomic mass is 35.7. The molecule has 0 nitrogen and oxygen atoms in total. The molecule has 0 saturated carbocycles. The van der Waals surface area contributed by atoms with E-state index in [1.54, 1.807) is 0 Å². The monoisotopic (exact) mass is 446 g/mol. The molecule has 0 radical (unpaired) electrons. The molecule has 1 aliphatic carbocycles. The van der Waals surface area contributed by atoms with E-state index >= 15 is 0 Å². The van der Waals surface area contributed by atoms with Crippen molar-refractivity contribution in [2.24, 2.45) is 0 Å². The lowest BCUT2D eigenvalue weighted by atomic mass is 9.70. The van der Waals surface area contributed by atoms with Crippen LogP contribution in [0.1, 0.15) is 89.2 Å². The summed E-state index contributed by atoms with van der Waals surface area (Å²) in [4.78, 5) is 0. The van der Waals surface area contributed by atoms with E-state index in [4.69, 9.17) is 22.2 Å². The lowest BCUT2D eigenvalue weighted by Gasteiger charge is -2.33. The Morgan fingerprint density at radius 3 is 1.90 bits per heavy atom. The minimum Gasteiger partial charge on any atom is -0.140 e. The summed E-state index contributed by atoms with van der Waals surface area (Å²) in [6, 6.07) is 15.9. The first kappa shape index (κ1) is 22.9. The first-order valence-corrected chi connectivity index (χ1v) is 16.1. The van der Waals surface area contributed by atoms with Crippen LogP contribution in [-0.4, -0.2) is 6.69 Å². The van der Waals surface area contributed by atoms with Gasteiger partial charge in [-0.3, -0.25) is 0 Å². The van der Waals surface area contributed by atoms with E-state index in [1.165, 1.54) is 86.5 Å². The Labute approximate surface area is 188 Å². The SMILES string of the molecule is CCCCCCC1(CCCCCC)c2ccccc2-c2ccc([Si](C)(Cl)Cl)cc21. The predicted octanol–water partition coefficient (Wildman–Crippen LogP) is 8.65. The second kappa shape index (κ2) is 10.0. The average Bonchev–Trinajstić information content (AvgIpc) is 2.98. The number of rotatable bonds is 11. The molecule has 0 aliphatic heterocycles. The van der Waals surface area contributed by atoms with E-state index in [1.807, 2.05) is 6.55 Å². The Bertz CT molecular complexity index is 795. The molecule has 158 valence electrons. The van der Waals surface area contributed by atoms with Crippen LogP contribution in [0.4, 0.5) is 0 Å². The van der Waals surface area contributed by atoms with Crippen molar-refractivity contribution in [2.75, 3.05) is 0 Å². The Morgan fingerprint density at radius 2 is 1.31 bits per heavy atom. The smallest absolute Gasteiger partial charge is 0.140 e. The number of fused-ring (bicyclic) bond motifs is 3. The zero-order valence-corrected chi connectivity index (χ0v) is 20.9. The second-order valence-electron chi connectivity index (χ2n) is 8.90. The first-order valence-electron chi connectivity index (χ1n) is 11.6. The summed E-state index contributed by atoms with van der Waals surface area (Å²) < 4.78 is 0. The van der Waals surface area contributed by atoms with Gasteiger partial charge in [-0.25, -0.2) is 0 Å². The largest absolute Gasteiger partial charge is 0.277 e. The van der Waals surface area contributed by atoms with Gasteiger partial charge in [0.25, 0.3) is 6.69 Å². The normalized spacial score (nSPS) is 14.7. The Balaban J connectivity index is 2.06. The van der Waals surface area contributed by atoms with Crippen molar-refractivity contribution in [3.8, 4) is 11.1 Å². The molecule has 0 aromatic heterocycles. The Hall–Kier alpha value is -0.763. The molecular formula is C26H36Cl2Si. The molecule has 0 atom stereocenters. The van der Waals surface area contributed by atoms with Crippen molar-refractivity contribution in [1.82, 2.24) is 0 Å². The van der Waals surface area contributed by atoms with Gasteiger partial charge in [0.2, 0.25) is 0 Å². The van der Waals surface area contributed by atoms with Crippen LogP contribution in [0.5, 0.6) is 0 Å². The van der Waals surface area contributed by atoms with Gasteiger partial charge in [0.05, 0.1) is 0 Å². The molecule has 0 fully saturated rings. The summed E-state index contributed by atoms with van der Waals surface area (Å²) in [6.45, 7) is 4.21. The van der Waals surface area contributed by atoms with Crippen LogP contribution in [-0.2, 0) is 5.41 Å². The summed E-state index contributed by atoms with van der Waals surface area (Å²) in [5.41, 5.74) is 5.97. The number of halogens is 2. The maximum absolute atomic E-state index is 6.66. The highest BCUT2D eigenvalue weighted by Gasteiger charge is 2.43. The van der Waals surface area contributed by atoms with Gasteiger partial charge in [-0.05, 0) is 46.8 Å². The summed E-state index contributed by atoms with van der Waals surface area (Å²) >= 11 is 13.3. The first-order chi connectivity index (χ1) is 13.9. The van der Waals surface area contributed by atoms with Crippen LogP contribution < -0.4 is 5.19 Å². The quantitative estimate of drug-likeness (QED) is 0.184. The van der Waals surface area contributed by atoms with Crippen LogP contribution >= 0.6 is 22.2 Å². The van der Waals surface area contributed by atoms with Crippen LogP contribution in [0, 0.1) is 0 Å².